The Balaban J connectivity index is 1.60. The number of ether oxygens (including phenoxy) is 1. The molecule has 0 bridgehead atoms. The van der Waals surface area contributed by atoms with E-state index in [4.69, 9.17) is 4.74 Å². The molecule has 0 aliphatic carbocycles. The van der Waals surface area contributed by atoms with E-state index in [2.05, 4.69) is 26.1 Å². The van der Waals surface area contributed by atoms with Gasteiger partial charge in [0.15, 0.2) is 0 Å². The number of sulfonamides is 1. The van der Waals surface area contributed by atoms with Crippen LogP contribution in [0.25, 0.3) is 0 Å². The lowest BCUT2D eigenvalue weighted by atomic mass is 9.87. The second kappa shape index (κ2) is 10.3. The van der Waals surface area contributed by atoms with Gasteiger partial charge >= 0.3 is 0 Å². The van der Waals surface area contributed by atoms with Crippen molar-refractivity contribution in [2.45, 2.75) is 63.3 Å². The Bertz CT molecular complexity index is 1030. The van der Waals surface area contributed by atoms with E-state index in [0.29, 0.717) is 30.8 Å². The van der Waals surface area contributed by atoms with E-state index in [1.165, 1.54) is 4.31 Å². The van der Waals surface area contributed by atoms with Gasteiger partial charge in [-0.2, -0.15) is 4.31 Å². The molecule has 1 aliphatic rings. The van der Waals surface area contributed by atoms with Crippen LogP contribution < -0.4 is 10.1 Å². The smallest absolute Gasteiger partial charge is 0.243 e. The quantitative estimate of drug-likeness (QED) is 0.636. The molecule has 1 aliphatic heterocycles. The first-order chi connectivity index (χ1) is 15.6. The summed E-state index contributed by atoms with van der Waals surface area (Å²) < 4.78 is 32.9. The van der Waals surface area contributed by atoms with Crippen molar-refractivity contribution in [1.29, 1.82) is 0 Å². The summed E-state index contributed by atoms with van der Waals surface area (Å²) in [5.41, 5.74) is 2.10. The molecule has 0 spiro atoms. The molecule has 0 saturated carbocycles. The van der Waals surface area contributed by atoms with E-state index in [9.17, 15) is 13.2 Å². The molecule has 2 aromatic rings. The standard InChI is InChI=1S/C26H36N2O4S/c1-6-24(19-7-11-22(32-5)12-8-19)27-25(29)20-15-17-28(18-16-20)33(30,31)23-13-9-21(10-14-23)26(2,3)4/h7-14,20,24H,6,15-18H2,1-5H3,(H,27,29). The van der Waals surface area contributed by atoms with Crippen molar-refractivity contribution in [3.05, 3.63) is 59.7 Å². The molecule has 1 fully saturated rings. The van der Waals surface area contributed by atoms with Crippen LogP contribution in [0.15, 0.2) is 53.4 Å². The maximum Gasteiger partial charge on any atom is 0.243 e. The first-order valence-corrected chi connectivity index (χ1v) is 13.0. The van der Waals surface area contributed by atoms with Crippen molar-refractivity contribution in [3.8, 4) is 5.75 Å². The van der Waals surface area contributed by atoms with Crippen LogP contribution in [0.3, 0.4) is 0 Å². The summed E-state index contributed by atoms with van der Waals surface area (Å²) in [6.07, 6.45) is 1.81. The van der Waals surface area contributed by atoms with E-state index in [0.717, 1.165) is 23.3 Å². The maximum absolute atomic E-state index is 13.1. The van der Waals surface area contributed by atoms with Crippen molar-refractivity contribution in [2.24, 2.45) is 5.92 Å². The van der Waals surface area contributed by atoms with Crippen LogP contribution in [-0.2, 0) is 20.2 Å². The monoisotopic (exact) mass is 472 g/mol. The Labute approximate surface area is 198 Å². The van der Waals surface area contributed by atoms with Crippen molar-refractivity contribution in [3.63, 3.8) is 0 Å². The Morgan fingerprint density at radius 3 is 2.12 bits per heavy atom. The van der Waals surface area contributed by atoms with Crippen molar-refractivity contribution < 1.29 is 17.9 Å². The molecule has 180 valence electrons. The van der Waals surface area contributed by atoms with E-state index in [-0.39, 0.29) is 23.3 Å². The van der Waals surface area contributed by atoms with Crippen LogP contribution in [0.4, 0.5) is 0 Å². The fourth-order valence-corrected chi connectivity index (χ4v) is 5.65. The van der Waals surface area contributed by atoms with Gasteiger partial charge in [-0.1, -0.05) is 52.0 Å². The van der Waals surface area contributed by atoms with Crippen LogP contribution in [0, 0.1) is 5.92 Å². The van der Waals surface area contributed by atoms with E-state index in [1.54, 1.807) is 19.2 Å². The van der Waals surface area contributed by atoms with Gasteiger partial charge in [0.2, 0.25) is 15.9 Å². The topological polar surface area (TPSA) is 75.7 Å². The van der Waals surface area contributed by atoms with Crippen molar-refractivity contribution >= 4 is 15.9 Å². The second-order valence-corrected chi connectivity index (χ2v) is 11.6. The van der Waals surface area contributed by atoms with Gasteiger partial charge in [0.05, 0.1) is 18.0 Å². The Morgan fingerprint density at radius 2 is 1.64 bits per heavy atom. The van der Waals surface area contributed by atoms with Crippen LogP contribution >= 0.6 is 0 Å². The molecule has 2 aromatic carbocycles. The Hall–Kier alpha value is -2.38. The lowest BCUT2D eigenvalue weighted by Gasteiger charge is -2.31. The molecule has 0 aromatic heterocycles. The predicted molar refractivity (Wildman–Crippen MR) is 131 cm³/mol. The molecule has 1 unspecified atom stereocenters. The fourth-order valence-electron chi connectivity index (χ4n) is 4.18. The molecule has 0 radical (unpaired) electrons. The minimum Gasteiger partial charge on any atom is -0.497 e. The molecule has 6 nitrogen and oxygen atoms in total. The summed E-state index contributed by atoms with van der Waals surface area (Å²) in [6, 6.07) is 14.8. The molecule has 1 N–H and O–H groups in total. The van der Waals surface area contributed by atoms with Crippen LogP contribution in [0.5, 0.6) is 5.75 Å². The largest absolute Gasteiger partial charge is 0.497 e. The maximum atomic E-state index is 13.1. The number of amides is 1. The molecule has 1 atom stereocenters. The molecular weight excluding hydrogens is 436 g/mol. The van der Waals surface area contributed by atoms with Gasteiger partial charge in [0.1, 0.15) is 5.75 Å². The van der Waals surface area contributed by atoms with Gasteiger partial charge < -0.3 is 10.1 Å². The molecule has 33 heavy (non-hydrogen) atoms. The minimum absolute atomic E-state index is 0.00996. The number of carbonyl (C=O) groups is 1. The second-order valence-electron chi connectivity index (χ2n) is 9.70. The molecule has 7 heteroatoms. The number of benzene rings is 2. The zero-order valence-corrected chi connectivity index (χ0v) is 21.1. The average molecular weight is 473 g/mol. The Kier molecular flexibility index (Phi) is 7.85. The molecule has 3 rings (SSSR count). The van der Waals surface area contributed by atoms with Gasteiger partial charge in [0, 0.05) is 19.0 Å². The number of methoxy groups -OCH3 is 1. The van der Waals surface area contributed by atoms with Crippen molar-refractivity contribution in [2.75, 3.05) is 20.2 Å². The number of nitrogens with zero attached hydrogens (tertiary/aromatic N) is 1. The third-order valence-corrected chi connectivity index (χ3v) is 8.34. The summed E-state index contributed by atoms with van der Waals surface area (Å²) in [5, 5.41) is 3.15. The van der Waals surface area contributed by atoms with Crippen LogP contribution in [0.1, 0.15) is 64.1 Å². The third-order valence-electron chi connectivity index (χ3n) is 6.43. The highest BCUT2D eigenvalue weighted by Gasteiger charge is 2.33. The van der Waals surface area contributed by atoms with Crippen LogP contribution in [-0.4, -0.2) is 38.8 Å². The molecular formula is C26H36N2O4S. The summed E-state index contributed by atoms with van der Waals surface area (Å²) in [5.74, 6) is 0.581. The van der Waals surface area contributed by atoms with Crippen LogP contribution in [0.2, 0.25) is 0 Å². The summed E-state index contributed by atoms with van der Waals surface area (Å²) in [7, 11) is -1.93. The van der Waals surface area contributed by atoms with E-state index in [1.807, 2.05) is 43.3 Å². The SMILES string of the molecule is CCC(NC(=O)C1CCN(S(=O)(=O)c2ccc(C(C)(C)C)cc2)CC1)c1ccc(OC)cc1. The van der Waals surface area contributed by atoms with Gasteiger partial charge in [-0.15, -0.1) is 0 Å². The third kappa shape index (κ3) is 5.95. The number of rotatable bonds is 7. The summed E-state index contributed by atoms with van der Waals surface area (Å²) in [6.45, 7) is 9.04. The number of carbonyl (C=O) groups excluding carboxylic acids is 1. The summed E-state index contributed by atoms with van der Waals surface area (Å²) >= 11 is 0. The number of piperidine rings is 1. The minimum atomic E-state index is -3.56. The predicted octanol–water partition coefficient (Wildman–Crippen LogP) is 4.66. The molecule has 1 amide bonds. The van der Waals surface area contributed by atoms with Gasteiger partial charge in [-0.05, 0) is 60.1 Å². The lowest BCUT2D eigenvalue weighted by Crippen LogP contribution is -2.43. The van der Waals surface area contributed by atoms with Gasteiger partial charge in [0.25, 0.3) is 0 Å². The highest BCUT2D eigenvalue weighted by Crippen LogP contribution is 2.28. The molecule has 1 saturated heterocycles. The normalized spacial score (nSPS) is 16.9. The zero-order valence-electron chi connectivity index (χ0n) is 20.3. The number of hydrogen-bond donors (Lipinski definition) is 1. The Morgan fingerprint density at radius 1 is 1.06 bits per heavy atom. The number of hydrogen-bond acceptors (Lipinski definition) is 4. The summed E-state index contributed by atoms with van der Waals surface area (Å²) in [4.78, 5) is 13.2. The number of nitrogens with one attached hydrogen (secondary N) is 1. The van der Waals surface area contributed by atoms with Crippen molar-refractivity contribution in [1.82, 2.24) is 9.62 Å². The first kappa shape index (κ1) is 25.2. The highest BCUT2D eigenvalue weighted by atomic mass is 32.2. The van der Waals surface area contributed by atoms with E-state index >= 15 is 0 Å². The lowest BCUT2D eigenvalue weighted by molar-refractivity contribution is -0.126. The fraction of sp³-hybridized carbons (Fsp3) is 0.500. The molecule has 1 heterocycles. The van der Waals surface area contributed by atoms with Gasteiger partial charge in [-0.25, -0.2) is 8.42 Å². The highest BCUT2D eigenvalue weighted by molar-refractivity contribution is 7.89. The zero-order chi connectivity index (χ0) is 24.2. The van der Waals surface area contributed by atoms with Gasteiger partial charge in [-0.3, -0.25) is 4.79 Å². The first-order valence-electron chi connectivity index (χ1n) is 11.6. The average Bonchev–Trinajstić information content (AvgIpc) is 2.82. The van der Waals surface area contributed by atoms with E-state index < -0.39 is 10.0 Å².